The minimum Gasteiger partial charge on any atom is -0.307 e. The molecule has 0 amide bonds. The summed E-state index contributed by atoms with van der Waals surface area (Å²) < 4.78 is 13.2. The molecule has 21 heavy (non-hydrogen) atoms. The Morgan fingerprint density at radius 2 is 1.86 bits per heavy atom. The quantitative estimate of drug-likeness (QED) is 0.688. The average Bonchev–Trinajstić information content (AvgIpc) is 2.52. The summed E-state index contributed by atoms with van der Waals surface area (Å²) in [6.45, 7) is 4.54. The lowest BCUT2D eigenvalue weighted by Crippen LogP contribution is -2.40. The van der Waals surface area contributed by atoms with E-state index in [1.165, 1.54) is 50.5 Å². The van der Waals surface area contributed by atoms with Crippen LogP contribution in [0.15, 0.2) is 24.3 Å². The van der Waals surface area contributed by atoms with Gasteiger partial charge in [-0.2, -0.15) is 0 Å². The molecule has 3 atom stereocenters. The normalized spacial score (nSPS) is 24.0. The molecule has 0 aromatic heterocycles. The Morgan fingerprint density at radius 1 is 1.14 bits per heavy atom. The van der Waals surface area contributed by atoms with Gasteiger partial charge >= 0.3 is 0 Å². The second-order valence-corrected chi connectivity index (χ2v) is 6.47. The number of halogens is 1. The topological polar surface area (TPSA) is 12.0 Å². The third-order valence-corrected chi connectivity index (χ3v) is 4.97. The van der Waals surface area contributed by atoms with Gasteiger partial charge in [0.25, 0.3) is 0 Å². The molecule has 1 fully saturated rings. The Labute approximate surface area is 129 Å². The zero-order valence-electron chi connectivity index (χ0n) is 13.6. The molecule has 1 aliphatic rings. The van der Waals surface area contributed by atoms with Gasteiger partial charge in [0.2, 0.25) is 0 Å². The van der Waals surface area contributed by atoms with Crippen molar-refractivity contribution >= 4 is 0 Å². The largest absolute Gasteiger partial charge is 0.307 e. The summed E-state index contributed by atoms with van der Waals surface area (Å²) in [5, 5.41) is 3.91. The first kappa shape index (κ1) is 16.5. The van der Waals surface area contributed by atoms with Crippen molar-refractivity contribution in [3.63, 3.8) is 0 Å². The van der Waals surface area contributed by atoms with Gasteiger partial charge in [0.1, 0.15) is 5.82 Å². The second kappa shape index (κ2) is 8.53. The molecule has 0 spiro atoms. The van der Waals surface area contributed by atoms with Crippen molar-refractivity contribution in [2.75, 3.05) is 0 Å². The minimum atomic E-state index is -0.142. The average molecular weight is 291 g/mol. The molecule has 2 rings (SSSR count). The van der Waals surface area contributed by atoms with Gasteiger partial charge in [-0.3, -0.25) is 0 Å². The van der Waals surface area contributed by atoms with Gasteiger partial charge < -0.3 is 5.32 Å². The molecule has 1 aromatic rings. The second-order valence-electron chi connectivity index (χ2n) is 6.47. The summed E-state index contributed by atoms with van der Waals surface area (Å²) in [4.78, 5) is 0. The highest BCUT2D eigenvalue weighted by Gasteiger charge is 2.26. The van der Waals surface area contributed by atoms with Crippen molar-refractivity contribution in [2.45, 2.75) is 77.3 Å². The van der Waals surface area contributed by atoms with Crippen LogP contribution in [0.4, 0.5) is 4.39 Å². The van der Waals surface area contributed by atoms with Crippen molar-refractivity contribution in [3.05, 3.63) is 35.6 Å². The highest BCUT2D eigenvalue weighted by Crippen LogP contribution is 2.30. The maximum absolute atomic E-state index is 13.2. The number of rotatable bonds is 7. The van der Waals surface area contributed by atoms with E-state index < -0.39 is 0 Å². The van der Waals surface area contributed by atoms with Gasteiger partial charge in [0.05, 0.1) is 0 Å². The van der Waals surface area contributed by atoms with E-state index in [0.717, 1.165) is 12.3 Å². The number of unbranched alkanes of at least 4 members (excludes halogenated alkanes) is 1. The summed E-state index contributed by atoms with van der Waals surface area (Å²) in [5.41, 5.74) is 1.24. The lowest BCUT2D eigenvalue weighted by molar-refractivity contribution is 0.232. The minimum absolute atomic E-state index is 0.142. The fraction of sp³-hybridized carbons (Fsp3) is 0.684. The van der Waals surface area contributed by atoms with Gasteiger partial charge in [-0.15, -0.1) is 0 Å². The molecule has 0 saturated heterocycles. The Balaban J connectivity index is 2.06. The molecule has 2 heteroatoms. The predicted molar refractivity (Wildman–Crippen MR) is 87.8 cm³/mol. The van der Waals surface area contributed by atoms with E-state index in [2.05, 4.69) is 19.2 Å². The maximum Gasteiger partial charge on any atom is 0.123 e. The fourth-order valence-electron chi connectivity index (χ4n) is 3.62. The molecule has 0 aliphatic heterocycles. The molecular weight excluding hydrogens is 261 g/mol. The van der Waals surface area contributed by atoms with E-state index in [-0.39, 0.29) is 5.82 Å². The Morgan fingerprint density at radius 3 is 2.52 bits per heavy atom. The molecule has 1 aromatic carbocycles. The van der Waals surface area contributed by atoms with E-state index in [9.17, 15) is 4.39 Å². The van der Waals surface area contributed by atoms with Crippen LogP contribution in [-0.4, -0.2) is 6.04 Å². The number of nitrogens with one attached hydrogen (secondary N) is 1. The molecule has 1 saturated carbocycles. The smallest absolute Gasteiger partial charge is 0.123 e. The molecule has 1 nitrogen and oxygen atoms in total. The van der Waals surface area contributed by atoms with Crippen molar-refractivity contribution in [2.24, 2.45) is 5.92 Å². The Hall–Kier alpha value is -0.890. The van der Waals surface area contributed by atoms with Gasteiger partial charge in [-0.25, -0.2) is 4.39 Å². The third-order valence-electron chi connectivity index (χ3n) is 4.97. The van der Waals surface area contributed by atoms with E-state index in [1.807, 2.05) is 12.1 Å². The van der Waals surface area contributed by atoms with E-state index in [1.54, 1.807) is 12.1 Å². The van der Waals surface area contributed by atoms with E-state index in [4.69, 9.17) is 0 Å². The van der Waals surface area contributed by atoms with Crippen LogP contribution in [0.25, 0.3) is 0 Å². The van der Waals surface area contributed by atoms with Crippen LogP contribution >= 0.6 is 0 Å². The number of hydrogen-bond donors (Lipinski definition) is 1. The van der Waals surface area contributed by atoms with Gasteiger partial charge in [-0.05, 0) is 42.9 Å². The molecule has 1 aliphatic carbocycles. The molecule has 0 bridgehead atoms. The first-order chi connectivity index (χ1) is 10.2. The number of hydrogen-bond acceptors (Lipinski definition) is 1. The van der Waals surface area contributed by atoms with Gasteiger partial charge in [0.15, 0.2) is 0 Å². The van der Waals surface area contributed by atoms with Crippen LogP contribution in [0.5, 0.6) is 0 Å². The fourth-order valence-corrected chi connectivity index (χ4v) is 3.62. The summed E-state index contributed by atoms with van der Waals surface area (Å²) >= 11 is 0. The van der Waals surface area contributed by atoms with Gasteiger partial charge in [-0.1, -0.05) is 58.1 Å². The highest BCUT2D eigenvalue weighted by molar-refractivity contribution is 5.20. The van der Waals surface area contributed by atoms with Crippen molar-refractivity contribution in [3.8, 4) is 0 Å². The summed E-state index contributed by atoms with van der Waals surface area (Å²) in [5.74, 6) is 0.667. The summed E-state index contributed by atoms with van der Waals surface area (Å²) in [6.07, 6.45) is 10.2. The molecule has 118 valence electrons. The van der Waals surface area contributed by atoms with Crippen LogP contribution in [0.3, 0.4) is 0 Å². The SMILES string of the molecule is CCCCC(NC1CCCCC1CC)c1ccc(F)cc1. The van der Waals surface area contributed by atoms with Gasteiger partial charge in [0, 0.05) is 12.1 Å². The van der Waals surface area contributed by atoms with Crippen LogP contribution in [0, 0.1) is 11.7 Å². The zero-order chi connectivity index (χ0) is 15.1. The predicted octanol–water partition coefficient (Wildman–Crippen LogP) is 5.62. The Kier molecular flexibility index (Phi) is 6.69. The monoisotopic (exact) mass is 291 g/mol. The van der Waals surface area contributed by atoms with E-state index >= 15 is 0 Å². The van der Waals surface area contributed by atoms with Crippen LogP contribution in [0.1, 0.15) is 76.8 Å². The summed E-state index contributed by atoms with van der Waals surface area (Å²) in [6, 6.07) is 8.10. The first-order valence-corrected chi connectivity index (χ1v) is 8.76. The molecular formula is C19H30FN. The lowest BCUT2D eigenvalue weighted by atomic mass is 9.82. The van der Waals surface area contributed by atoms with E-state index in [0.29, 0.717) is 12.1 Å². The van der Waals surface area contributed by atoms with Crippen molar-refractivity contribution < 1.29 is 4.39 Å². The molecule has 1 N–H and O–H groups in total. The standard InChI is InChI=1S/C19H30FN/c1-3-5-9-19(16-11-13-17(20)14-12-16)21-18-10-7-6-8-15(18)4-2/h11-15,18-19,21H,3-10H2,1-2H3. The third kappa shape index (κ3) is 4.81. The first-order valence-electron chi connectivity index (χ1n) is 8.76. The molecule has 0 heterocycles. The molecule has 3 unspecified atom stereocenters. The zero-order valence-corrected chi connectivity index (χ0v) is 13.6. The Bertz CT molecular complexity index is 401. The van der Waals surface area contributed by atoms with Crippen molar-refractivity contribution in [1.29, 1.82) is 0 Å². The van der Waals surface area contributed by atoms with Crippen LogP contribution in [-0.2, 0) is 0 Å². The summed E-state index contributed by atoms with van der Waals surface area (Å²) in [7, 11) is 0. The highest BCUT2D eigenvalue weighted by atomic mass is 19.1. The maximum atomic E-state index is 13.2. The van der Waals surface area contributed by atoms with Crippen molar-refractivity contribution in [1.82, 2.24) is 5.32 Å². The van der Waals surface area contributed by atoms with Crippen LogP contribution < -0.4 is 5.32 Å². The number of benzene rings is 1. The lowest BCUT2D eigenvalue weighted by Gasteiger charge is -2.35. The van der Waals surface area contributed by atoms with Crippen LogP contribution in [0.2, 0.25) is 0 Å². The molecule has 0 radical (unpaired) electrons.